The molecule has 0 radical (unpaired) electrons. The second kappa shape index (κ2) is 7.72. The maximum atomic E-state index is 13.4. The molecule has 2 aromatic carbocycles. The van der Waals surface area contributed by atoms with Crippen LogP contribution in [0.5, 0.6) is 0 Å². The first kappa shape index (κ1) is 19.8. The minimum Gasteiger partial charge on any atom is -0.268 e. The molecule has 4 rings (SSSR count). The number of aromatic nitrogens is 3. The molecule has 0 aliphatic rings. The summed E-state index contributed by atoms with van der Waals surface area (Å²) in [5.41, 5.74) is 2.03. The van der Waals surface area contributed by atoms with Gasteiger partial charge in [0, 0.05) is 16.5 Å². The fourth-order valence-corrected chi connectivity index (χ4v) is 4.80. The summed E-state index contributed by atoms with van der Waals surface area (Å²) >= 11 is 3.10. The number of nitrogens with zero attached hydrogens (tertiary/aromatic N) is 3. The van der Waals surface area contributed by atoms with E-state index in [0.29, 0.717) is 27.5 Å². The molecule has 4 aromatic rings. The van der Waals surface area contributed by atoms with Crippen molar-refractivity contribution in [1.82, 2.24) is 14.5 Å². The van der Waals surface area contributed by atoms with Crippen molar-refractivity contribution in [1.29, 1.82) is 0 Å². The van der Waals surface area contributed by atoms with Crippen LogP contribution in [0, 0.1) is 5.82 Å². The van der Waals surface area contributed by atoms with E-state index >= 15 is 0 Å². The molecule has 0 aliphatic heterocycles. The lowest BCUT2D eigenvalue weighted by Crippen LogP contribution is -2.21. The van der Waals surface area contributed by atoms with E-state index in [-0.39, 0.29) is 16.8 Å². The van der Waals surface area contributed by atoms with Gasteiger partial charge in [-0.3, -0.25) is 9.36 Å². The number of thioether (sulfide) groups is 1. The van der Waals surface area contributed by atoms with Crippen molar-refractivity contribution in [3.63, 3.8) is 0 Å². The van der Waals surface area contributed by atoms with Crippen LogP contribution < -0.4 is 5.56 Å². The summed E-state index contributed by atoms with van der Waals surface area (Å²) in [4.78, 5) is 22.6. The Morgan fingerprint density at radius 3 is 2.48 bits per heavy atom. The lowest BCUT2D eigenvalue weighted by molar-refractivity contribution is 0.584. The van der Waals surface area contributed by atoms with Gasteiger partial charge in [0.15, 0.2) is 5.16 Å². The number of hydrogen-bond acceptors (Lipinski definition) is 5. The highest BCUT2D eigenvalue weighted by atomic mass is 32.2. The average molecular weight is 426 g/mol. The van der Waals surface area contributed by atoms with E-state index in [9.17, 15) is 9.18 Å². The summed E-state index contributed by atoms with van der Waals surface area (Å²) in [7, 11) is 0. The largest absolute Gasteiger partial charge is 0.268 e. The fraction of sp³-hybridized carbons (Fsp3) is 0.227. The third kappa shape index (κ3) is 4.11. The number of benzene rings is 2. The van der Waals surface area contributed by atoms with Crippen molar-refractivity contribution >= 4 is 34.0 Å². The minimum absolute atomic E-state index is 0.00495. The zero-order valence-electron chi connectivity index (χ0n) is 16.3. The van der Waals surface area contributed by atoms with Crippen LogP contribution in [0.4, 0.5) is 4.39 Å². The quantitative estimate of drug-likeness (QED) is 0.317. The smallest absolute Gasteiger partial charge is 0.266 e. The van der Waals surface area contributed by atoms with Gasteiger partial charge in [-0.2, -0.15) is 0 Å². The van der Waals surface area contributed by atoms with Gasteiger partial charge in [0.2, 0.25) is 0 Å². The average Bonchev–Trinajstić information content (AvgIpc) is 3.17. The van der Waals surface area contributed by atoms with Crippen LogP contribution in [0.2, 0.25) is 0 Å². The highest BCUT2D eigenvalue weighted by Gasteiger charge is 2.19. The topological polar surface area (TPSA) is 47.8 Å². The Labute approximate surface area is 176 Å². The monoisotopic (exact) mass is 425 g/mol. The van der Waals surface area contributed by atoms with Crippen molar-refractivity contribution in [2.45, 2.75) is 37.1 Å². The third-order valence-corrected chi connectivity index (χ3v) is 6.66. The van der Waals surface area contributed by atoms with Gasteiger partial charge in [-0.05, 0) is 36.4 Å². The molecule has 0 amide bonds. The molecule has 4 nitrogen and oxygen atoms in total. The van der Waals surface area contributed by atoms with Crippen molar-refractivity contribution < 1.29 is 4.39 Å². The van der Waals surface area contributed by atoms with E-state index in [2.05, 4.69) is 26.2 Å². The molecule has 0 spiro atoms. The first-order chi connectivity index (χ1) is 13.8. The molecule has 2 aromatic heterocycles. The Morgan fingerprint density at radius 1 is 1.07 bits per heavy atom. The maximum absolute atomic E-state index is 13.4. The lowest BCUT2D eigenvalue weighted by atomic mass is 9.98. The third-order valence-electron chi connectivity index (χ3n) is 4.37. The molecule has 0 saturated heterocycles. The first-order valence-corrected chi connectivity index (χ1v) is 11.0. The van der Waals surface area contributed by atoms with E-state index < -0.39 is 0 Å². The standard InChI is InChI=1S/C22H20FN3OS2/c1-22(2,3)20-24-15(12-28-20)13-29-21-25-18-7-5-4-6-17(18)19(27)26(21)16-10-8-14(23)9-11-16/h4-12H,13H2,1-3H3. The molecular formula is C22H20FN3OS2. The zero-order valence-corrected chi connectivity index (χ0v) is 18.0. The number of hydrogen-bond donors (Lipinski definition) is 0. The van der Waals surface area contributed by atoms with Crippen molar-refractivity contribution in [2.75, 3.05) is 0 Å². The van der Waals surface area contributed by atoms with Gasteiger partial charge in [0.25, 0.3) is 5.56 Å². The predicted octanol–water partition coefficient (Wildman–Crippen LogP) is 5.57. The van der Waals surface area contributed by atoms with Gasteiger partial charge in [0.05, 0.1) is 27.3 Å². The SMILES string of the molecule is CC(C)(C)c1nc(CSc2nc3ccccc3c(=O)n2-c2ccc(F)cc2)cs1. The van der Waals surface area contributed by atoms with Crippen LogP contribution >= 0.6 is 23.1 Å². The molecule has 148 valence electrons. The molecule has 0 aliphatic carbocycles. The van der Waals surface area contributed by atoms with Gasteiger partial charge in [-0.15, -0.1) is 11.3 Å². The second-order valence-corrected chi connectivity index (χ2v) is 9.51. The van der Waals surface area contributed by atoms with Gasteiger partial charge in [0.1, 0.15) is 5.82 Å². The van der Waals surface area contributed by atoms with Crippen molar-refractivity contribution in [3.05, 3.63) is 80.8 Å². The van der Waals surface area contributed by atoms with Gasteiger partial charge < -0.3 is 0 Å². The van der Waals surface area contributed by atoms with Crippen LogP contribution in [0.3, 0.4) is 0 Å². The number of thiazole rings is 1. The highest BCUT2D eigenvalue weighted by Crippen LogP contribution is 2.29. The molecule has 0 atom stereocenters. The van der Waals surface area contributed by atoms with Crippen LogP contribution in [-0.4, -0.2) is 14.5 Å². The zero-order chi connectivity index (χ0) is 20.6. The molecule has 0 fully saturated rings. The van der Waals surface area contributed by atoms with Gasteiger partial charge in [-0.1, -0.05) is 44.7 Å². The molecule has 2 heterocycles. The fourth-order valence-electron chi connectivity index (χ4n) is 2.88. The number of rotatable bonds is 4. The molecule has 0 saturated carbocycles. The van der Waals surface area contributed by atoms with Crippen molar-refractivity contribution in [2.24, 2.45) is 0 Å². The number of fused-ring (bicyclic) bond motifs is 1. The number of para-hydroxylation sites is 1. The summed E-state index contributed by atoms with van der Waals surface area (Å²) in [5.74, 6) is 0.250. The van der Waals surface area contributed by atoms with Crippen LogP contribution in [0.25, 0.3) is 16.6 Å². The first-order valence-electron chi connectivity index (χ1n) is 9.18. The predicted molar refractivity (Wildman–Crippen MR) is 118 cm³/mol. The van der Waals surface area contributed by atoms with E-state index in [0.717, 1.165) is 10.7 Å². The van der Waals surface area contributed by atoms with Crippen molar-refractivity contribution in [3.8, 4) is 5.69 Å². The summed E-state index contributed by atoms with van der Waals surface area (Å²) < 4.78 is 15.0. The van der Waals surface area contributed by atoms with Crippen LogP contribution in [-0.2, 0) is 11.2 Å². The Hall–Kier alpha value is -2.51. The Kier molecular flexibility index (Phi) is 5.27. The summed E-state index contributed by atoms with van der Waals surface area (Å²) in [6.45, 7) is 6.42. The summed E-state index contributed by atoms with van der Waals surface area (Å²) in [5, 5.41) is 4.22. The molecule has 7 heteroatoms. The molecular weight excluding hydrogens is 405 g/mol. The lowest BCUT2D eigenvalue weighted by Gasteiger charge is -2.14. The van der Waals surface area contributed by atoms with Gasteiger partial charge in [-0.25, -0.2) is 14.4 Å². The molecule has 29 heavy (non-hydrogen) atoms. The minimum atomic E-state index is -0.345. The van der Waals surface area contributed by atoms with Crippen LogP contribution in [0.15, 0.2) is 63.9 Å². The Bertz CT molecular complexity index is 1220. The molecule has 0 bridgehead atoms. The van der Waals surface area contributed by atoms with E-state index in [1.165, 1.54) is 23.9 Å². The van der Waals surface area contributed by atoms with E-state index in [4.69, 9.17) is 9.97 Å². The van der Waals surface area contributed by atoms with E-state index in [1.54, 1.807) is 34.1 Å². The maximum Gasteiger partial charge on any atom is 0.266 e. The number of halogens is 1. The second-order valence-electron chi connectivity index (χ2n) is 7.71. The Balaban J connectivity index is 1.76. The highest BCUT2D eigenvalue weighted by molar-refractivity contribution is 7.98. The molecule has 0 unspecified atom stereocenters. The molecule has 0 N–H and O–H groups in total. The van der Waals surface area contributed by atoms with Gasteiger partial charge >= 0.3 is 0 Å². The summed E-state index contributed by atoms with van der Waals surface area (Å²) in [6.07, 6.45) is 0. The van der Waals surface area contributed by atoms with Crippen LogP contribution in [0.1, 0.15) is 31.5 Å². The normalized spacial score (nSPS) is 11.9. The summed E-state index contributed by atoms with van der Waals surface area (Å²) in [6, 6.07) is 13.2. The Morgan fingerprint density at radius 2 is 1.79 bits per heavy atom. The van der Waals surface area contributed by atoms with E-state index in [1.807, 2.05) is 18.2 Å².